The molecule has 0 saturated heterocycles. The Hall–Kier alpha value is -1.16. The van der Waals surface area contributed by atoms with Gasteiger partial charge in [-0.15, -0.1) is 11.8 Å². The van der Waals surface area contributed by atoms with E-state index >= 15 is 0 Å². The summed E-state index contributed by atoms with van der Waals surface area (Å²) < 4.78 is 0. The first-order valence-electron chi connectivity index (χ1n) is 9.54. The number of amides is 1. The molecule has 3 nitrogen and oxygen atoms in total. The fourth-order valence-corrected chi connectivity index (χ4v) is 5.09. The average Bonchev–Trinajstić information content (AvgIpc) is 2.63. The molecule has 2 aliphatic rings. The van der Waals surface area contributed by atoms with Gasteiger partial charge in [-0.3, -0.25) is 4.79 Å². The topological polar surface area (TPSA) is 46.3 Å². The van der Waals surface area contributed by atoms with Gasteiger partial charge < -0.3 is 10.6 Å². The molecule has 0 bridgehead atoms. The second-order valence-corrected chi connectivity index (χ2v) is 8.23. The highest BCUT2D eigenvalue weighted by Crippen LogP contribution is 2.32. The molecule has 2 N–H and O–H groups in total. The summed E-state index contributed by atoms with van der Waals surface area (Å²) in [6.45, 7) is 0. The molecular weight excluding hydrogens is 316 g/mol. The van der Waals surface area contributed by atoms with Crippen LogP contribution in [0.4, 0.5) is 5.69 Å². The molecule has 0 spiro atoms. The van der Waals surface area contributed by atoms with Gasteiger partial charge in [-0.2, -0.15) is 0 Å². The molecule has 2 aliphatic carbocycles. The molecule has 1 aromatic carbocycles. The van der Waals surface area contributed by atoms with E-state index in [-0.39, 0.29) is 0 Å². The molecule has 0 atom stereocenters. The van der Waals surface area contributed by atoms with Crippen LogP contribution in [0, 0.1) is 0 Å². The summed E-state index contributed by atoms with van der Waals surface area (Å²) >= 11 is 1.60. The van der Waals surface area contributed by atoms with Crippen LogP contribution in [0.2, 0.25) is 0 Å². The van der Waals surface area contributed by atoms with Crippen LogP contribution in [-0.2, 0) is 4.79 Å². The van der Waals surface area contributed by atoms with E-state index in [0.717, 1.165) is 10.6 Å². The lowest BCUT2D eigenvalue weighted by molar-refractivity contribution is -0.135. The van der Waals surface area contributed by atoms with Crippen molar-refractivity contribution >= 4 is 23.4 Å². The number of nitrogens with two attached hydrogens (primary N) is 1. The van der Waals surface area contributed by atoms with Gasteiger partial charge in [0, 0.05) is 22.7 Å². The lowest BCUT2D eigenvalue weighted by Crippen LogP contribution is -2.49. The van der Waals surface area contributed by atoms with Crippen molar-refractivity contribution in [3.8, 4) is 0 Å². The lowest BCUT2D eigenvalue weighted by Gasteiger charge is -2.41. The van der Waals surface area contributed by atoms with Crippen LogP contribution >= 0.6 is 11.8 Å². The SMILES string of the molecule is Nc1ccccc1SCC(=O)N(C1CCCCC1)C1CCCCC1. The number of thioether (sulfide) groups is 1. The van der Waals surface area contributed by atoms with Crippen molar-refractivity contribution in [2.75, 3.05) is 11.5 Å². The van der Waals surface area contributed by atoms with E-state index in [1.54, 1.807) is 11.8 Å². The first kappa shape index (κ1) is 17.7. The van der Waals surface area contributed by atoms with Crippen LogP contribution in [0.25, 0.3) is 0 Å². The minimum atomic E-state index is 0.321. The van der Waals surface area contributed by atoms with Crippen LogP contribution in [0.5, 0.6) is 0 Å². The van der Waals surface area contributed by atoms with Crippen LogP contribution in [0.15, 0.2) is 29.2 Å². The van der Waals surface area contributed by atoms with E-state index in [4.69, 9.17) is 5.73 Å². The number of hydrogen-bond acceptors (Lipinski definition) is 3. The Morgan fingerprint density at radius 2 is 1.50 bits per heavy atom. The van der Waals surface area contributed by atoms with Gasteiger partial charge >= 0.3 is 0 Å². The van der Waals surface area contributed by atoms with Crippen LogP contribution in [-0.4, -0.2) is 28.6 Å². The zero-order chi connectivity index (χ0) is 16.8. The molecular formula is C20H30N2OS. The number of carbonyl (C=O) groups excluding carboxylic acids is 1. The van der Waals surface area contributed by atoms with Crippen molar-refractivity contribution in [3.05, 3.63) is 24.3 Å². The predicted molar refractivity (Wildman–Crippen MR) is 102 cm³/mol. The Morgan fingerprint density at radius 3 is 2.04 bits per heavy atom. The summed E-state index contributed by atoms with van der Waals surface area (Å²) in [5.41, 5.74) is 6.80. The van der Waals surface area contributed by atoms with Crippen molar-refractivity contribution in [2.24, 2.45) is 0 Å². The number of benzene rings is 1. The van der Waals surface area contributed by atoms with Gasteiger partial charge in [-0.1, -0.05) is 50.7 Å². The Bertz CT molecular complexity index is 518. The molecule has 0 radical (unpaired) electrons. The molecule has 1 aromatic rings. The Kier molecular flexibility index (Phi) is 6.47. The highest BCUT2D eigenvalue weighted by Gasteiger charge is 2.32. The quantitative estimate of drug-likeness (QED) is 0.612. The summed E-state index contributed by atoms with van der Waals surface area (Å²) in [4.78, 5) is 16.4. The molecule has 0 heterocycles. The largest absolute Gasteiger partial charge is 0.398 e. The first-order chi connectivity index (χ1) is 11.8. The summed E-state index contributed by atoms with van der Waals surface area (Å²) in [6.07, 6.45) is 12.6. The van der Waals surface area contributed by atoms with Gasteiger partial charge in [0.15, 0.2) is 0 Å². The van der Waals surface area contributed by atoms with E-state index in [2.05, 4.69) is 4.90 Å². The van der Waals surface area contributed by atoms with Gasteiger partial charge in [-0.25, -0.2) is 0 Å². The Morgan fingerprint density at radius 1 is 0.958 bits per heavy atom. The van der Waals surface area contributed by atoms with Crippen molar-refractivity contribution in [1.82, 2.24) is 4.90 Å². The third kappa shape index (κ3) is 4.47. The molecule has 0 unspecified atom stereocenters. The molecule has 0 aromatic heterocycles. The number of hydrogen-bond donors (Lipinski definition) is 1. The number of para-hydroxylation sites is 1. The highest BCUT2D eigenvalue weighted by molar-refractivity contribution is 8.00. The normalized spacial score (nSPS) is 20.0. The fraction of sp³-hybridized carbons (Fsp3) is 0.650. The van der Waals surface area contributed by atoms with E-state index < -0.39 is 0 Å². The van der Waals surface area contributed by atoms with Gasteiger partial charge in [0.25, 0.3) is 0 Å². The zero-order valence-electron chi connectivity index (χ0n) is 14.6. The average molecular weight is 347 g/mol. The third-order valence-corrected chi connectivity index (χ3v) is 6.57. The zero-order valence-corrected chi connectivity index (χ0v) is 15.4. The van der Waals surface area contributed by atoms with Gasteiger partial charge in [0.05, 0.1) is 5.75 Å². The van der Waals surface area contributed by atoms with Crippen LogP contribution < -0.4 is 5.73 Å². The number of rotatable bonds is 5. The van der Waals surface area contributed by atoms with Crippen molar-refractivity contribution < 1.29 is 4.79 Å². The summed E-state index contributed by atoms with van der Waals surface area (Å²) in [7, 11) is 0. The standard InChI is InChI=1S/C20H30N2OS/c21-18-13-7-8-14-19(18)24-15-20(23)22(16-9-3-1-4-10-16)17-11-5-2-6-12-17/h7-8,13-14,16-17H,1-6,9-12,15,21H2. The minimum absolute atomic E-state index is 0.321. The summed E-state index contributed by atoms with van der Waals surface area (Å²) in [5.74, 6) is 0.836. The molecule has 132 valence electrons. The smallest absolute Gasteiger partial charge is 0.233 e. The van der Waals surface area contributed by atoms with Gasteiger partial charge in [0.1, 0.15) is 0 Å². The van der Waals surface area contributed by atoms with E-state index in [9.17, 15) is 4.79 Å². The number of nitrogens with zero attached hydrogens (tertiary/aromatic N) is 1. The lowest BCUT2D eigenvalue weighted by atomic mass is 9.88. The van der Waals surface area contributed by atoms with Crippen LogP contribution in [0.3, 0.4) is 0 Å². The Balaban J connectivity index is 1.66. The van der Waals surface area contributed by atoms with Crippen molar-refractivity contribution in [2.45, 2.75) is 81.2 Å². The molecule has 0 aliphatic heterocycles. The molecule has 24 heavy (non-hydrogen) atoms. The van der Waals surface area contributed by atoms with Gasteiger partial charge in [-0.05, 0) is 37.8 Å². The van der Waals surface area contributed by atoms with E-state index in [1.165, 1.54) is 64.2 Å². The first-order valence-corrected chi connectivity index (χ1v) is 10.5. The molecule has 3 rings (SSSR count). The maximum atomic E-state index is 13.1. The van der Waals surface area contributed by atoms with Crippen molar-refractivity contribution in [1.29, 1.82) is 0 Å². The highest BCUT2D eigenvalue weighted by atomic mass is 32.2. The summed E-state index contributed by atoms with van der Waals surface area (Å²) in [5, 5.41) is 0. The monoisotopic (exact) mass is 346 g/mol. The second-order valence-electron chi connectivity index (χ2n) is 7.21. The third-order valence-electron chi connectivity index (χ3n) is 5.49. The minimum Gasteiger partial charge on any atom is -0.398 e. The molecule has 2 saturated carbocycles. The maximum absolute atomic E-state index is 13.1. The fourth-order valence-electron chi connectivity index (χ4n) is 4.25. The van der Waals surface area contributed by atoms with E-state index in [0.29, 0.717) is 23.7 Å². The number of anilines is 1. The predicted octanol–water partition coefficient (Wildman–Crippen LogP) is 4.85. The number of carbonyl (C=O) groups is 1. The maximum Gasteiger partial charge on any atom is 0.233 e. The molecule has 2 fully saturated rings. The van der Waals surface area contributed by atoms with Gasteiger partial charge in [0.2, 0.25) is 5.91 Å². The second kappa shape index (κ2) is 8.80. The summed E-state index contributed by atoms with van der Waals surface area (Å²) in [6, 6.07) is 8.80. The van der Waals surface area contributed by atoms with Crippen molar-refractivity contribution in [3.63, 3.8) is 0 Å². The molecule has 1 amide bonds. The Labute approximate surface area is 150 Å². The molecule has 4 heteroatoms. The van der Waals surface area contributed by atoms with Crippen LogP contribution in [0.1, 0.15) is 64.2 Å². The van der Waals surface area contributed by atoms with E-state index in [1.807, 2.05) is 24.3 Å². The number of nitrogen functional groups attached to an aromatic ring is 1.